The standard InChI is InChI=1S/C16H14F3N3O3S/c17-16(18,19)13-3-1-2-4-15(13)25-8-7-22-14-6-5-12(26(21,23)24)9-11(14)10-20/h1-6,9,22H,7-8H2,(H2,21,23,24). The number of anilines is 1. The van der Waals surface area contributed by atoms with Crippen LogP contribution in [0.2, 0.25) is 0 Å². The quantitative estimate of drug-likeness (QED) is 0.744. The maximum Gasteiger partial charge on any atom is 0.419 e. The molecular weight excluding hydrogens is 371 g/mol. The van der Waals surface area contributed by atoms with Gasteiger partial charge in [-0.1, -0.05) is 12.1 Å². The molecule has 0 amide bonds. The zero-order chi connectivity index (χ0) is 19.4. The van der Waals surface area contributed by atoms with E-state index < -0.39 is 21.8 Å². The molecule has 10 heteroatoms. The second kappa shape index (κ2) is 7.63. The number of alkyl halides is 3. The summed E-state index contributed by atoms with van der Waals surface area (Å²) < 4.78 is 66.3. The first-order valence-corrected chi connectivity index (χ1v) is 8.77. The van der Waals surface area contributed by atoms with E-state index in [0.29, 0.717) is 5.69 Å². The first kappa shape index (κ1) is 19.6. The fourth-order valence-electron chi connectivity index (χ4n) is 2.12. The number of hydrogen-bond donors (Lipinski definition) is 2. The minimum absolute atomic E-state index is 0.0345. The Bertz CT molecular complexity index is 938. The SMILES string of the molecule is N#Cc1cc(S(N)(=O)=O)ccc1NCCOc1ccccc1C(F)(F)F. The zero-order valence-corrected chi connectivity index (χ0v) is 14.1. The number of nitrogens with zero attached hydrogens (tertiary/aromatic N) is 1. The molecule has 26 heavy (non-hydrogen) atoms. The minimum atomic E-state index is -4.53. The summed E-state index contributed by atoms with van der Waals surface area (Å²) in [4.78, 5) is -0.213. The van der Waals surface area contributed by atoms with E-state index >= 15 is 0 Å². The lowest BCUT2D eigenvalue weighted by Gasteiger charge is -2.14. The number of nitrogens with two attached hydrogens (primary N) is 1. The number of ether oxygens (including phenoxy) is 1. The number of nitrogens with one attached hydrogen (secondary N) is 1. The summed E-state index contributed by atoms with van der Waals surface area (Å²) >= 11 is 0. The number of halogens is 3. The van der Waals surface area contributed by atoms with Crippen LogP contribution in [0.1, 0.15) is 11.1 Å². The Morgan fingerprint density at radius 1 is 1.19 bits per heavy atom. The van der Waals surface area contributed by atoms with Gasteiger partial charge in [0.15, 0.2) is 0 Å². The van der Waals surface area contributed by atoms with Crippen LogP contribution in [0, 0.1) is 11.3 Å². The van der Waals surface area contributed by atoms with Gasteiger partial charge in [-0.05, 0) is 30.3 Å². The second-order valence-corrected chi connectivity index (χ2v) is 6.69. The molecule has 0 aliphatic carbocycles. The number of benzene rings is 2. The van der Waals surface area contributed by atoms with Crippen LogP contribution >= 0.6 is 0 Å². The largest absolute Gasteiger partial charge is 0.491 e. The third-order valence-corrected chi connectivity index (χ3v) is 4.22. The Morgan fingerprint density at radius 3 is 2.50 bits per heavy atom. The molecule has 2 rings (SSSR count). The van der Waals surface area contributed by atoms with Gasteiger partial charge in [0.1, 0.15) is 18.4 Å². The van der Waals surface area contributed by atoms with Crippen LogP contribution in [-0.4, -0.2) is 21.6 Å². The first-order valence-electron chi connectivity index (χ1n) is 7.23. The van der Waals surface area contributed by atoms with Crippen LogP contribution in [0.5, 0.6) is 5.75 Å². The van der Waals surface area contributed by atoms with Crippen molar-refractivity contribution in [2.75, 3.05) is 18.5 Å². The van der Waals surface area contributed by atoms with Crippen LogP contribution in [0.25, 0.3) is 0 Å². The third kappa shape index (κ3) is 4.87. The third-order valence-electron chi connectivity index (χ3n) is 3.31. The molecule has 0 aliphatic rings. The Balaban J connectivity index is 2.03. The number of rotatable bonds is 6. The van der Waals surface area contributed by atoms with E-state index in [9.17, 15) is 21.6 Å². The first-order chi connectivity index (χ1) is 12.1. The van der Waals surface area contributed by atoms with Crippen molar-refractivity contribution < 1.29 is 26.3 Å². The van der Waals surface area contributed by atoms with Gasteiger partial charge < -0.3 is 10.1 Å². The van der Waals surface area contributed by atoms with Gasteiger partial charge in [0.25, 0.3) is 0 Å². The predicted molar refractivity (Wildman–Crippen MR) is 88.0 cm³/mol. The summed E-state index contributed by atoms with van der Waals surface area (Å²) in [5.41, 5.74) is -0.532. The monoisotopic (exact) mass is 385 g/mol. The number of primary sulfonamides is 1. The Kier molecular flexibility index (Phi) is 5.74. The Morgan fingerprint density at radius 2 is 1.88 bits per heavy atom. The zero-order valence-electron chi connectivity index (χ0n) is 13.2. The summed E-state index contributed by atoms with van der Waals surface area (Å²) in [5.74, 6) is -0.299. The normalized spacial score (nSPS) is 11.7. The molecule has 2 aromatic rings. The van der Waals surface area contributed by atoms with Gasteiger partial charge in [-0.2, -0.15) is 18.4 Å². The van der Waals surface area contributed by atoms with Gasteiger partial charge in [-0.25, -0.2) is 13.6 Å². The van der Waals surface area contributed by atoms with E-state index in [1.165, 1.54) is 30.3 Å². The van der Waals surface area contributed by atoms with Gasteiger partial charge >= 0.3 is 6.18 Å². The Labute approximate surface area is 148 Å². The fourth-order valence-corrected chi connectivity index (χ4v) is 2.66. The van der Waals surface area contributed by atoms with Crippen molar-refractivity contribution in [3.05, 3.63) is 53.6 Å². The summed E-state index contributed by atoms with van der Waals surface area (Å²) in [6, 6.07) is 10.3. The van der Waals surface area contributed by atoms with Crippen LogP contribution in [0.3, 0.4) is 0 Å². The van der Waals surface area contributed by atoms with E-state index in [1.807, 2.05) is 6.07 Å². The molecule has 0 heterocycles. The van der Waals surface area contributed by atoms with Crippen molar-refractivity contribution in [1.82, 2.24) is 0 Å². The van der Waals surface area contributed by atoms with Gasteiger partial charge in [-0.15, -0.1) is 0 Å². The topological polar surface area (TPSA) is 105 Å². The molecule has 0 saturated heterocycles. The molecule has 0 atom stereocenters. The number of para-hydroxylation sites is 1. The lowest BCUT2D eigenvalue weighted by Crippen LogP contribution is -2.16. The summed E-state index contributed by atoms with van der Waals surface area (Å²) in [5, 5.41) is 16.9. The molecule has 0 aromatic heterocycles. The van der Waals surface area contributed by atoms with E-state index in [1.54, 1.807) is 0 Å². The number of hydrogen-bond acceptors (Lipinski definition) is 5. The smallest absolute Gasteiger partial charge is 0.419 e. The summed E-state index contributed by atoms with van der Waals surface area (Å²) in [6.45, 7) is -0.00943. The van der Waals surface area contributed by atoms with Crippen molar-refractivity contribution in [2.24, 2.45) is 5.14 Å². The molecule has 0 fully saturated rings. The minimum Gasteiger partial charge on any atom is -0.491 e. The van der Waals surface area contributed by atoms with Crippen LogP contribution in [0.15, 0.2) is 47.4 Å². The molecule has 0 saturated carbocycles. The van der Waals surface area contributed by atoms with Crippen molar-refractivity contribution in [3.63, 3.8) is 0 Å². The van der Waals surface area contributed by atoms with Crippen molar-refractivity contribution in [3.8, 4) is 11.8 Å². The van der Waals surface area contributed by atoms with Crippen molar-refractivity contribution >= 4 is 15.7 Å². The summed E-state index contributed by atoms with van der Waals surface area (Å²) in [6.07, 6.45) is -4.53. The predicted octanol–water partition coefficient (Wildman–Crippen LogP) is 2.72. The van der Waals surface area contributed by atoms with Crippen LogP contribution in [0.4, 0.5) is 18.9 Å². The molecule has 6 nitrogen and oxygen atoms in total. The highest BCUT2D eigenvalue weighted by Gasteiger charge is 2.33. The fraction of sp³-hybridized carbons (Fsp3) is 0.188. The molecule has 0 radical (unpaired) electrons. The van der Waals surface area contributed by atoms with Gasteiger partial charge in [0.2, 0.25) is 10.0 Å². The lowest BCUT2D eigenvalue weighted by atomic mass is 10.2. The molecule has 0 aliphatic heterocycles. The highest BCUT2D eigenvalue weighted by Crippen LogP contribution is 2.35. The van der Waals surface area contributed by atoms with Crippen molar-refractivity contribution in [1.29, 1.82) is 5.26 Å². The van der Waals surface area contributed by atoms with E-state index in [2.05, 4.69) is 5.32 Å². The highest BCUT2D eigenvalue weighted by atomic mass is 32.2. The average molecular weight is 385 g/mol. The van der Waals surface area contributed by atoms with Crippen molar-refractivity contribution in [2.45, 2.75) is 11.1 Å². The van der Waals surface area contributed by atoms with E-state index in [-0.39, 0.29) is 29.4 Å². The number of nitriles is 1. The average Bonchev–Trinajstić information content (AvgIpc) is 2.57. The second-order valence-electron chi connectivity index (χ2n) is 5.13. The molecule has 0 bridgehead atoms. The molecule has 3 N–H and O–H groups in total. The molecule has 138 valence electrons. The maximum absolute atomic E-state index is 12.9. The summed E-state index contributed by atoms with van der Waals surface area (Å²) in [7, 11) is -3.94. The van der Waals surface area contributed by atoms with Gasteiger partial charge in [-0.3, -0.25) is 0 Å². The van der Waals surface area contributed by atoms with E-state index in [4.69, 9.17) is 15.1 Å². The van der Waals surface area contributed by atoms with Crippen LogP contribution in [-0.2, 0) is 16.2 Å². The van der Waals surface area contributed by atoms with Gasteiger partial charge in [0.05, 0.1) is 21.7 Å². The molecule has 0 spiro atoms. The van der Waals surface area contributed by atoms with Crippen LogP contribution < -0.4 is 15.2 Å². The van der Waals surface area contributed by atoms with E-state index in [0.717, 1.165) is 12.1 Å². The highest BCUT2D eigenvalue weighted by molar-refractivity contribution is 7.89. The Hall–Kier alpha value is -2.77. The molecule has 2 aromatic carbocycles. The molecular formula is C16H14F3N3O3S. The van der Waals surface area contributed by atoms with Gasteiger partial charge in [0, 0.05) is 6.54 Å². The lowest BCUT2D eigenvalue weighted by molar-refractivity contribution is -0.138. The molecule has 0 unspecified atom stereocenters. The maximum atomic E-state index is 12.9. The number of sulfonamides is 1.